The largest absolute Gasteiger partial charge is 0.389 e. The highest BCUT2D eigenvalue weighted by atomic mass is 32.2. The van der Waals surface area contributed by atoms with Gasteiger partial charge in [0.2, 0.25) is 0 Å². The fourth-order valence-electron chi connectivity index (χ4n) is 1.54. The molecule has 0 bridgehead atoms. The molecule has 0 amide bonds. The first-order valence-electron chi connectivity index (χ1n) is 5.74. The number of hydrogen-bond acceptors (Lipinski definition) is 4. The first-order valence-corrected chi connectivity index (χ1v) is 7.63. The van der Waals surface area contributed by atoms with E-state index in [0.29, 0.717) is 5.56 Å². The van der Waals surface area contributed by atoms with Crippen molar-refractivity contribution in [3.63, 3.8) is 0 Å². The topological polar surface area (TPSA) is 85.1 Å². The number of anilines is 1. The highest BCUT2D eigenvalue weighted by molar-refractivity contribution is 7.92. The number of hydrogen-bond donors (Lipinski definition) is 2. The Morgan fingerprint density at radius 3 is 2.65 bits per heavy atom. The maximum atomic E-state index is 12.2. The summed E-state index contributed by atoms with van der Waals surface area (Å²) in [6.07, 6.45) is 1.59. The molecule has 20 heavy (non-hydrogen) atoms. The quantitative estimate of drug-likeness (QED) is 0.842. The average Bonchev–Trinajstić information content (AvgIpc) is 2.41. The van der Waals surface area contributed by atoms with Crippen LogP contribution < -0.4 is 10.5 Å². The number of sulfonamides is 1. The zero-order valence-corrected chi connectivity index (χ0v) is 12.3. The summed E-state index contributed by atoms with van der Waals surface area (Å²) >= 11 is 4.84. The van der Waals surface area contributed by atoms with E-state index in [1.807, 2.05) is 6.92 Å². The van der Waals surface area contributed by atoms with Crippen LogP contribution in [0.1, 0.15) is 11.1 Å². The Labute approximate surface area is 122 Å². The van der Waals surface area contributed by atoms with Crippen molar-refractivity contribution < 1.29 is 8.42 Å². The Hall–Kier alpha value is -1.99. The van der Waals surface area contributed by atoms with Crippen molar-refractivity contribution in [3.8, 4) is 0 Å². The van der Waals surface area contributed by atoms with Gasteiger partial charge in [0.1, 0.15) is 10.8 Å². The van der Waals surface area contributed by atoms with Gasteiger partial charge in [-0.2, -0.15) is 0 Å². The third-order valence-electron chi connectivity index (χ3n) is 2.58. The molecule has 7 heteroatoms. The second-order valence-corrected chi connectivity index (χ2v) is 6.34. The molecule has 0 aliphatic rings. The van der Waals surface area contributed by atoms with Crippen LogP contribution in [0.3, 0.4) is 0 Å². The van der Waals surface area contributed by atoms with Crippen molar-refractivity contribution in [2.24, 2.45) is 5.73 Å². The molecule has 0 aliphatic carbocycles. The van der Waals surface area contributed by atoms with Gasteiger partial charge in [-0.25, -0.2) is 13.4 Å². The molecule has 2 aromatic rings. The summed E-state index contributed by atoms with van der Waals surface area (Å²) in [6.45, 7) is 1.87. The third kappa shape index (κ3) is 3.31. The molecule has 3 N–H and O–H groups in total. The van der Waals surface area contributed by atoms with Gasteiger partial charge < -0.3 is 5.73 Å². The monoisotopic (exact) mass is 307 g/mol. The lowest BCUT2D eigenvalue weighted by Gasteiger charge is -2.08. The molecule has 0 radical (unpaired) electrons. The van der Waals surface area contributed by atoms with Crippen LogP contribution in [-0.4, -0.2) is 18.4 Å². The van der Waals surface area contributed by atoms with Crippen LogP contribution in [-0.2, 0) is 10.0 Å². The third-order valence-corrected chi connectivity index (χ3v) is 4.17. The smallest absolute Gasteiger partial charge is 0.263 e. The SMILES string of the molecule is Cc1ccc(NS(=O)(=O)c2cccc(C(N)=S)c2)nc1. The van der Waals surface area contributed by atoms with Gasteiger partial charge in [0.05, 0.1) is 4.90 Å². The van der Waals surface area contributed by atoms with Crippen molar-refractivity contribution in [1.29, 1.82) is 0 Å². The number of benzene rings is 1. The standard InChI is InChI=1S/C13H13N3O2S2/c1-9-5-6-12(15-8-9)16-20(17,18)11-4-2-3-10(7-11)13(14)19/h2-8H,1H3,(H2,14,19)(H,15,16). The summed E-state index contributed by atoms with van der Waals surface area (Å²) in [7, 11) is -3.71. The Kier molecular flexibility index (Phi) is 4.01. The predicted molar refractivity (Wildman–Crippen MR) is 82.1 cm³/mol. The Balaban J connectivity index is 2.33. The zero-order valence-electron chi connectivity index (χ0n) is 10.7. The van der Waals surface area contributed by atoms with Crippen LogP contribution in [0.2, 0.25) is 0 Å². The molecule has 0 saturated heterocycles. The molecule has 5 nitrogen and oxygen atoms in total. The van der Waals surface area contributed by atoms with Crippen molar-refractivity contribution in [1.82, 2.24) is 4.98 Å². The van der Waals surface area contributed by atoms with Gasteiger partial charge in [-0.05, 0) is 30.7 Å². The van der Waals surface area contributed by atoms with Crippen LogP contribution in [0.4, 0.5) is 5.82 Å². The van der Waals surface area contributed by atoms with Crippen molar-refractivity contribution in [2.75, 3.05) is 4.72 Å². The van der Waals surface area contributed by atoms with Crippen molar-refractivity contribution in [3.05, 3.63) is 53.7 Å². The number of aromatic nitrogens is 1. The van der Waals surface area contributed by atoms with Crippen LogP contribution >= 0.6 is 12.2 Å². The fourth-order valence-corrected chi connectivity index (χ4v) is 2.72. The van der Waals surface area contributed by atoms with E-state index >= 15 is 0 Å². The van der Waals surface area contributed by atoms with E-state index in [2.05, 4.69) is 9.71 Å². The van der Waals surface area contributed by atoms with E-state index in [9.17, 15) is 8.42 Å². The summed E-state index contributed by atoms with van der Waals surface area (Å²) in [5.74, 6) is 0.260. The van der Waals surface area contributed by atoms with Crippen molar-refractivity contribution in [2.45, 2.75) is 11.8 Å². The minimum Gasteiger partial charge on any atom is -0.389 e. The molecular formula is C13H13N3O2S2. The highest BCUT2D eigenvalue weighted by Crippen LogP contribution is 2.16. The Morgan fingerprint density at radius 2 is 2.05 bits per heavy atom. The predicted octanol–water partition coefficient (Wildman–Crippen LogP) is 1.83. The van der Waals surface area contributed by atoms with Gasteiger partial charge in [0, 0.05) is 11.8 Å². The molecule has 1 heterocycles. The molecule has 1 aromatic carbocycles. The molecule has 0 aliphatic heterocycles. The number of nitrogens with one attached hydrogen (secondary N) is 1. The van der Waals surface area contributed by atoms with Crippen LogP contribution in [0.25, 0.3) is 0 Å². The van der Waals surface area contributed by atoms with E-state index < -0.39 is 10.0 Å². The lowest BCUT2D eigenvalue weighted by molar-refractivity contribution is 0.601. The highest BCUT2D eigenvalue weighted by Gasteiger charge is 2.15. The van der Waals surface area contributed by atoms with Crippen molar-refractivity contribution >= 4 is 33.0 Å². The summed E-state index contributed by atoms with van der Waals surface area (Å²) < 4.78 is 26.9. The van der Waals surface area contributed by atoms with Gasteiger partial charge in [-0.3, -0.25) is 4.72 Å². The second kappa shape index (κ2) is 5.56. The Bertz CT molecular complexity index is 740. The lowest BCUT2D eigenvalue weighted by Crippen LogP contribution is -2.15. The number of aryl methyl sites for hydroxylation is 1. The molecule has 0 atom stereocenters. The zero-order chi connectivity index (χ0) is 14.8. The molecule has 0 spiro atoms. The van der Waals surface area contributed by atoms with Gasteiger partial charge in [-0.15, -0.1) is 0 Å². The first-order chi connectivity index (χ1) is 9.38. The van der Waals surface area contributed by atoms with E-state index in [1.165, 1.54) is 12.1 Å². The van der Waals surface area contributed by atoms with Gasteiger partial charge in [0.15, 0.2) is 0 Å². The minimum atomic E-state index is -3.71. The van der Waals surface area contributed by atoms with Gasteiger partial charge >= 0.3 is 0 Å². The van der Waals surface area contributed by atoms with Crippen LogP contribution in [0.5, 0.6) is 0 Å². The normalized spacial score (nSPS) is 11.1. The molecule has 0 unspecified atom stereocenters. The number of nitrogens with two attached hydrogens (primary N) is 1. The molecule has 104 valence electrons. The second-order valence-electron chi connectivity index (χ2n) is 4.22. The molecule has 0 saturated carbocycles. The van der Waals surface area contributed by atoms with E-state index in [4.69, 9.17) is 18.0 Å². The first kappa shape index (κ1) is 14.4. The summed E-state index contributed by atoms with van der Waals surface area (Å²) in [5, 5.41) is 0. The minimum absolute atomic E-state index is 0.0881. The summed E-state index contributed by atoms with van der Waals surface area (Å²) in [4.78, 5) is 4.24. The molecule has 1 aromatic heterocycles. The van der Waals surface area contributed by atoms with E-state index in [1.54, 1.807) is 30.5 Å². The van der Waals surface area contributed by atoms with Gasteiger partial charge in [-0.1, -0.05) is 30.4 Å². The van der Waals surface area contributed by atoms with E-state index in [-0.39, 0.29) is 15.7 Å². The van der Waals surface area contributed by atoms with Crippen LogP contribution in [0, 0.1) is 6.92 Å². The number of rotatable bonds is 4. The number of nitrogens with zero attached hydrogens (tertiary/aromatic N) is 1. The fraction of sp³-hybridized carbons (Fsp3) is 0.0769. The molecule has 0 fully saturated rings. The maximum Gasteiger partial charge on any atom is 0.263 e. The molecular weight excluding hydrogens is 294 g/mol. The van der Waals surface area contributed by atoms with Gasteiger partial charge in [0.25, 0.3) is 10.0 Å². The van der Waals surface area contributed by atoms with Crippen LogP contribution in [0.15, 0.2) is 47.5 Å². The Morgan fingerprint density at radius 1 is 1.30 bits per heavy atom. The maximum absolute atomic E-state index is 12.2. The van der Waals surface area contributed by atoms with E-state index in [0.717, 1.165) is 5.56 Å². The lowest BCUT2D eigenvalue weighted by atomic mass is 10.2. The molecule has 2 rings (SSSR count). The number of pyridine rings is 1. The average molecular weight is 307 g/mol. The summed E-state index contributed by atoms with van der Waals surface area (Å²) in [5.41, 5.74) is 6.95. The number of thiocarbonyl (C=S) groups is 1. The summed E-state index contributed by atoms with van der Waals surface area (Å²) in [6, 6.07) is 9.52.